The number of benzene rings is 3. The maximum absolute atomic E-state index is 13.7. The third kappa shape index (κ3) is 5.99. The van der Waals surface area contributed by atoms with Crippen LogP contribution in [0.2, 0.25) is 0 Å². The summed E-state index contributed by atoms with van der Waals surface area (Å²) in [6.07, 6.45) is 0.997. The summed E-state index contributed by atoms with van der Waals surface area (Å²) in [5, 5.41) is 3.37. The maximum Gasteiger partial charge on any atom is 0.336 e. The minimum Gasteiger partial charge on any atom is -0.490 e. The molecule has 0 aromatic heterocycles. The normalized spacial score (nSPS) is 18.5. The van der Waals surface area contributed by atoms with Crippen LogP contribution < -0.4 is 14.8 Å². The second-order valence-electron chi connectivity index (χ2n) is 9.89. The number of rotatable bonds is 8. The monoisotopic (exact) mass is 537 g/mol. The van der Waals surface area contributed by atoms with Crippen molar-refractivity contribution < 1.29 is 28.6 Å². The first kappa shape index (κ1) is 26.9. The summed E-state index contributed by atoms with van der Waals surface area (Å²) in [7, 11) is 0. The molecule has 0 saturated carbocycles. The molecule has 0 radical (unpaired) electrons. The van der Waals surface area contributed by atoms with Crippen molar-refractivity contribution in [3.8, 4) is 11.5 Å². The van der Waals surface area contributed by atoms with Crippen LogP contribution in [0.25, 0.3) is 0 Å². The predicted octanol–water partition coefficient (Wildman–Crippen LogP) is 5.60. The number of carbonyl (C=O) groups is 3. The van der Waals surface area contributed by atoms with E-state index in [9.17, 15) is 14.4 Å². The number of para-hydroxylation sites is 1. The van der Waals surface area contributed by atoms with Gasteiger partial charge in [-0.1, -0.05) is 60.7 Å². The summed E-state index contributed by atoms with van der Waals surface area (Å²) in [5.41, 5.74) is 4.26. The van der Waals surface area contributed by atoms with Crippen LogP contribution in [0.3, 0.4) is 0 Å². The Labute approximate surface area is 233 Å². The molecule has 40 heavy (non-hydrogen) atoms. The molecule has 1 heterocycles. The minimum absolute atomic E-state index is 0.0122. The van der Waals surface area contributed by atoms with Gasteiger partial charge in [-0.15, -0.1) is 0 Å². The number of allylic oxidation sites excluding steroid dienone is 3. The molecule has 0 unspecified atom stereocenters. The summed E-state index contributed by atoms with van der Waals surface area (Å²) < 4.78 is 16.5. The Morgan fingerprint density at radius 3 is 2.17 bits per heavy atom. The number of esters is 2. The van der Waals surface area contributed by atoms with E-state index in [0.717, 1.165) is 16.8 Å². The lowest BCUT2D eigenvalue weighted by atomic mass is 9.72. The van der Waals surface area contributed by atoms with Crippen LogP contribution >= 0.6 is 0 Å². The van der Waals surface area contributed by atoms with Crippen molar-refractivity contribution in [3.05, 3.63) is 119 Å². The van der Waals surface area contributed by atoms with Crippen molar-refractivity contribution in [2.75, 3.05) is 13.2 Å². The number of hydrogen-bond donors (Lipinski definition) is 1. The van der Waals surface area contributed by atoms with Gasteiger partial charge in [0.1, 0.15) is 24.7 Å². The van der Waals surface area contributed by atoms with Crippen LogP contribution in [-0.2, 0) is 19.1 Å². The molecule has 1 aliphatic heterocycles. The van der Waals surface area contributed by atoms with Gasteiger partial charge in [-0.2, -0.15) is 0 Å². The van der Waals surface area contributed by atoms with Crippen LogP contribution in [0, 0.1) is 0 Å². The average Bonchev–Trinajstić information content (AvgIpc) is 2.95. The number of hydrogen-bond acceptors (Lipinski definition) is 7. The van der Waals surface area contributed by atoms with Crippen molar-refractivity contribution in [2.45, 2.75) is 38.5 Å². The number of ether oxygens (including phenoxy) is 3. The highest BCUT2D eigenvalue weighted by atomic mass is 16.6. The molecule has 0 spiro atoms. The molecular weight excluding hydrogens is 506 g/mol. The van der Waals surface area contributed by atoms with Crippen LogP contribution in [0.15, 0.2) is 107 Å². The van der Waals surface area contributed by atoms with Gasteiger partial charge < -0.3 is 19.5 Å². The zero-order chi connectivity index (χ0) is 28.1. The fraction of sp³-hybridized carbons (Fsp3) is 0.242. The van der Waals surface area contributed by atoms with E-state index in [1.54, 1.807) is 24.3 Å². The number of carbonyl (C=O) groups excluding carboxylic acids is 3. The van der Waals surface area contributed by atoms with Crippen molar-refractivity contribution in [3.63, 3.8) is 0 Å². The van der Waals surface area contributed by atoms with Crippen LogP contribution in [0.1, 0.15) is 49.7 Å². The molecule has 7 nitrogen and oxygen atoms in total. The Morgan fingerprint density at radius 2 is 1.50 bits per heavy atom. The molecule has 1 aliphatic carbocycles. The van der Waals surface area contributed by atoms with E-state index in [1.807, 2.05) is 67.6 Å². The van der Waals surface area contributed by atoms with Crippen molar-refractivity contribution >= 4 is 17.7 Å². The topological polar surface area (TPSA) is 90.9 Å². The SMILES string of the molecule is CC(=O)Oc1ccc([C@H]2C(C(=O)OCCOc3ccccc3)=C(C)NC3=C2C(=O)C[C@H](c2ccccc2)C3)cc1. The largest absolute Gasteiger partial charge is 0.490 e. The highest BCUT2D eigenvalue weighted by Gasteiger charge is 2.41. The highest BCUT2D eigenvalue weighted by Crippen LogP contribution is 2.45. The van der Waals surface area contributed by atoms with E-state index in [2.05, 4.69) is 5.32 Å². The Hall–Kier alpha value is -4.65. The molecule has 0 amide bonds. The molecule has 0 bridgehead atoms. The molecule has 3 aromatic carbocycles. The van der Waals surface area contributed by atoms with E-state index in [4.69, 9.17) is 14.2 Å². The smallest absolute Gasteiger partial charge is 0.336 e. The molecule has 1 N–H and O–H groups in total. The van der Waals surface area contributed by atoms with E-state index in [0.29, 0.717) is 41.2 Å². The fourth-order valence-corrected chi connectivity index (χ4v) is 5.39. The van der Waals surface area contributed by atoms with Crippen LogP contribution in [0.5, 0.6) is 11.5 Å². The van der Waals surface area contributed by atoms with E-state index < -0.39 is 17.9 Å². The van der Waals surface area contributed by atoms with Gasteiger partial charge in [-0.05, 0) is 54.7 Å². The number of ketones is 1. The summed E-state index contributed by atoms with van der Waals surface area (Å²) in [4.78, 5) is 38.7. The highest BCUT2D eigenvalue weighted by molar-refractivity contribution is 6.04. The first-order valence-electron chi connectivity index (χ1n) is 13.3. The summed E-state index contributed by atoms with van der Waals surface area (Å²) in [6, 6.07) is 26.2. The quantitative estimate of drug-likeness (QED) is 0.227. The Balaban J connectivity index is 1.42. The molecule has 7 heteroatoms. The Morgan fingerprint density at radius 1 is 0.825 bits per heavy atom. The van der Waals surface area contributed by atoms with Gasteiger partial charge in [0.25, 0.3) is 0 Å². The van der Waals surface area contributed by atoms with Gasteiger partial charge >= 0.3 is 11.9 Å². The van der Waals surface area contributed by atoms with E-state index in [1.165, 1.54) is 6.92 Å². The average molecular weight is 538 g/mol. The molecule has 0 fully saturated rings. The molecule has 2 aliphatic rings. The molecule has 3 aromatic rings. The second kappa shape index (κ2) is 12.0. The Kier molecular flexibility index (Phi) is 8.10. The molecule has 2 atom stereocenters. The summed E-state index contributed by atoms with van der Waals surface area (Å²) in [6.45, 7) is 3.42. The summed E-state index contributed by atoms with van der Waals surface area (Å²) >= 11 is 0. The van der Waals surface area contributed by atoms with Crippen LogP contribution in [0.4, 0.5) is 0 Å². The molecule has 5 rings (SSSR count). The zero-order valence-electron chi connectivity index (χ0n) is 22.5. The van der Waals surface area contributed by atoms with Gasteiger partial charge in [-0.25, -0.2) is 4.79 Å². The lowest BCUT2D eigenvalue weighted by Gasteiger charge is -2.36. The minimum atomic E-state index is -0.616. The van der Waals surface area contributed by atoms with Crippen molar-refractivity contribution in [1.29, 1.82) is 0 Å². The van der Waals surface area contributed by atoms with Gasteiger partial charge in [0, 0.05) is 36.2 Å². The standard InChI is InChI=1S/C33H31NO6/c1-21-30(33(37)39-18-17-38-26-11-7-4-8-12-26)31(24-13-15-27(16-14-24)40-22(2)35)32-28(34-21)19-25(20-29(32)36)23-9-5-3-6-10-23/h3-16,25,31,34H,17-20H2,1-2H3/t25-,31+/m1/s1. The first-order chi connectivity index (χ1) is 19.4. The third-order valence-corrected chi connectivity index (χ3v) is 7.12. The lowest BCUT2D eigenvalue weighted by Crippen LogP contribution is -2.36. The van der Waals surface area contributed by atoms with Gasteiger partial charge in [0.05, 0.1) is 5.57 Å². The number of Topliss-reactive ketones (excluding diaryl/α,β-unsaturated/α-hetero) is 1. The zero-order valence-corrected chi connectivity index (χ0v) is 22.5. The fourth-order valence-electron chi connectivity index (χ4n) is 5.39. The Bertz CT molecular complexity index is 1460. The van der Waals surface area contributed by atoms with Crippen molar-refractivity contribution in [2.24, 2.45) is 0 Å². The van der Waals surface area contributed by atoms with Crippen LogP contribution in [-0.4, -0.2) is 30.9 Å². The third-order valence-electron chi connectivity index (χ3n) is 7.12. The lowest BCUT2D eigenvalue weighted by molar-refractivity contribution is -0.140. The second-order valence-corrected chi connectivity index (χ2v) is 9.89. The van der Waals surface area contributed by atoms with E-state index in [-0.39, 0.29) is 24.9 Å². The number of nitrogens with one attached hydrogen (secondary N) is 1. The van der Waals surface area contributed by atoms with Gasteiger partial charge in [0.15, 0.2) is 5.78 Å². The molecule has 204 valence electrons. The first-order valence-corrected chi connectivity index (χ1v) is 13.3. The van der Waals surface area contributed by atoms with Crippen molar-refractivity contribution in [1.82, 2.24) is 5.32 Å². The summed E-state index contributed by atoms with van der Waals surface area (Å²) in [5.74, 6) is -0.442. The number of dihydropyridines is 1. The molecular formula is C33H31NO6. The van der Waals surface area contributed by atoms with Gasteiger partial charge in [-0.3, -0.25) is 9.59 Å². The van der Waals surface area contributed by atoms with Gasteiger partial charge in [0.2, 0.25) is 0 Å². The molecule has 0 saturated heterocycles. The van der Waals surface area contributed by atoms with E-state index >= 15 is 0 Å². The maximum atomic E-state index is 13.7. The predicted molar refractivity (Wildman–Crippen MR) is 150 cm³/mol.